The van der Waals surface area contributed by atoms with Gasteiger partial charge in [0.15, 0.2) is 5.78 Å². The number of ketones is 1. The van der Waals surface area contributed by atoms with Crippen LogP contribution in [0.1, 0.15) is 33.6 Å². The highest BCUT2D eigenvalue weighted by Crippen LogP contribution is 2.54. The molecule has 0 bridgehead atoms. The number of ether oxygens (including phenoxy) is 2. The first-order valence-electron chi connectivity index (χ1n) is 5.88. The van der Waals surface area contributed by atoms with E-state index in [-0.39, 0.29) is 17.8 Å². The fraction of sp³-hybridized carbons (Fsp3) is 0.846. The fourth-order valence-electron chi connectivity index (χ4n) is 2.37. The number of Topliss-reactive ketones (excluding diaryl/α,β-unsaturated/α-hetero) is 1. The number of methoxy groups -OCH3 is 2. The zero-order chi connectivity index (χ0) is 13.3. The Balaban J connectivity index is 2.81. The Morgan fingerprint density at radius 3 is 2.12 bits per heavy atom. The summed E-state index contributed by atoms with van der Waals surface area (Å²) in [5.74, 6) is -0.199. The van der Waals surface area contributed by atoms with Gasteiger partial charge in [-0.1, -0.05) is 20.8 Å². The Labute approximate surface area is 103 Å². The Bertz CT molecular complexity index is 308. The quantitative estimate of drug-likeness (QED) is 0.557. The largest absolute Gasteiger partial charge is 0.468 e. The summed E-state index contributed by atoms with van der Waals surface area (Å²) >= 11 is 0. The average molecular weight is 242 g/mol. The van der Waals surface area contributed by atoms with Gasteiger partial charge in [-0.25, -0.2) is 0 Å². The summed E-state index contributed by atoms with van der Waals surface area (Å²) in [7, 11) is 2.79. The number of hydrogen-bond acceptors (Lipinski definition) is 4. The molecule has 4 nitrogen and oxygen atoms in total. The Kier molecular flexibility index (Phi) is 3.97. The molecule has 1 rings (SSSR count). The van der Waals surface area contributed by atoms with Crippen LogP contribution >= 0.6 is 0 Å². The van der Waals surface area contributed by atoms with Crippen LogP contribution in [0.25, 0.3) is 0 Å². The monoisotopic (exact) mass is 242 g/mol. The molecule has 0 spiro atoms. The van der Waals surface area contributed by atoms with Gasteiger partial charge in [-0.15, -0.1) is 0 Å². The molecule has 0 saturated heterocycles. The summed E-state index contributed by atoms with van der Waals surface area (Å²) < 4.78 is 9.61. The third-order valence-corrected chi connectivity index (χ3v) is 3.80. The molecule has 0 N–H and O–H groups in total. The van der Waals surface area contributed by atoms with Crippen molar-refractivity contribution in [1.82, 2.24) is 0 Å². The van der Waals surface area contributed by atoms with Gasteiger partial charge < -0.3 is 9.47 Å². The fourth-order valence-corrected chi connectivity index (χ4v) is 2.37. The molecule has 0 aromatic carbocycles. The van der Waals surface area contributed by atoms with Crippen LogP contribution in [0.4, 0.5) is 0 Å². The molecule has 0 heterocycles. The molecule has 0 aromatic heterocycles. The van der Waals surface area contributed by atoms with Crippen molar-refractivity contribution in [3.8, 4) is 0 Å². The maximum Gasteiger partial charge on any atom is 0.319 e. The molecule has 0 amide bonds. The molecule has 0 radical (unpaired) electrons. The molecule has 1 saturated carbocycles. The van der Waals surface area contributed by atoms with Gasteiger partial charge in [0, 0.05) is 7.11 Å². The SMILES string of the molecule is COCC(=O)C1(C(=O)OC)CC(C(C)(C)C)C1. The second-order valence-electron chi connectivity index (χ2n) is 5.90. The van der Waals surface area contributed by atoms with Crippen LogP contribution in [0.15, 0.2) is 0 Å². The van der Waals surface area contributed by atoms with E-state index in [9.17, 15) is 9.59 Å². The number of esters is 1. The number of rotatable bonds is 4. The first kappa shape index (κ1) is 14.2. The molecule has 17 heavy (non-hydrogen) atoms. The summed E-state index contributed by atoms with van der Waals surface area (Å²) in [5.41, 5.74) is -0.840. The van der Waals surface area contributed by atoms with Gasteiger partial charge in [0.1, 0.15) is 12.0 Å². The molecular weight excluding hydrogens is 220 g/mol. The van der Waals surface area contributed by atoms with Crippen molar-refractivity contribution in [1.29, 1.82) is 0 Å². The van der Waals surface area contributed by atoms with Gasteiger partial charge >= 0.3 is 5.97 Å². The average Bonchev–Trinajstić information content (AvgIpc) is 2.14. The third kappa shape index (κ3) is 2.51. The number of carbonyl (C=O) groups is 2. The molecular formula is C13H22O4. The minimum atomic E-state index is -0.956. The van der Waals surface area contributed by atoms with Crippen molar-refractivity contribution in [2.75, 3.05) is 20.8 Å². The normalized spacial score (nSPS) is 28.4. The van der Waals surface area contributed by atoms with Crippen LogP contribution < -0.4 is 0 Å². The smallest absolute Gasteiger partial charge is 0.319 e. The second kappa shape index (κ2) is 4.77. The number of hydrogen-bond donors (Lipinski definition) is 0. The van der Waals surface area contributed by atoms with Crippen molar-refractivity contribution in [2.24, 2.45) is 16.7 Å². The van der Waals surface area contributed by atoms with Crippen molar-refractivity contribution in [3.05, 3.63) is 0 Å². The van der Waals surface area contributed by atoms with Crippen molar-refractivity contribution >= 4 is 11.8 Å². The second-order valence-corrected chi connectivity index (χ2v) is 5.90. The van der Waals surface area contributed by atoms with Gasteiger partial charge in [-0.3, -0.25) is 9.59 Å². The molecule has 98 valence electrons. The summed E-state index contributed by atoms with van der Waals surface area (Å²) in [6.45, 7) is 6.35. The predicted octanol–water partition coefficient (Wildman–Crippen LogP) is 1.82. The van der Waals surface area contributed by atoms with Gasteiger partial charge in [0.25, 0.3) is 0 Å². The Morgan fingerprint density at radius 2 is 1.76 bits per heavy atom. The first-order chi connectivity index (χ1) is 7.78. The topological polar surface area (TPSA) is 52.6 Å². The maximum absolute atomic E-state index is 12.0. The molecule has 0 atom stereocenters. The molecule has 1 fully saturated rings. The minimum Gasteiger partial charge on any atom is -0.468 e. The van der Waals surface area contributed by atoms with Crippen molar-refractivity contribution in [2.45, 2.75) is 33.6 Å². The lowest BCUT2D eigenvalue weighted by Crippen LogP contribution is -2.54. The van der Waals surface area contributed by atoms with E-state index in [1.165, 1.54) is 14.2 Å². The van der Waals surface area contributed by atoms with E-state index in [1.807, 2.05) is 0 Å². The third-order valence-electron chi connectivity index (χ3n) is 3.80. The first-order valence-corrected chi connectivity index (χ1v) is 5.88. The summed E-state index contributed by atoms with van der Waals surface area (Å²) in [6, 6.07) is 0. The molecule has 0 aliphatic heterocycles. The predicted molar refractivity (Wildman–Crippen MR) is 63.5 cm³/mol. The van der Waals surface area contributed by atoms with Gasteiger partial charge in [0.2, 0.25) is 0 Å². The molecule has 1 aliphatic carbocycles. The molecule has 4 heteroatoms. The lowest BCUT2D eigenvalue weighted by molar-refractivity contribution is -0.173. The highest BCUT2D eigenvalue weighted by Gasteiger charge is 2.58. The molecule has 0 unspecified atom stereocenters. The van der Waals surface area contributed by atoms with Gasteiger partial charge in [-0.05, 0) is 24.2 Å². The lowest BCUT2D eigenvalue weighted by atomic mass is 9.53. The van der Waals surface area contributed by atoms with E-state index < -0.39 is 11.4 Å². The Hall–Kier alpha value is -0.900. The van der Waals surface area contributed by atoms with E-state index in [4.69, 9.17) is 9.47 Å². The summed E-state index contributed by atoms with van der Waals surface area (Å²) in [4.78, 5) is 23.8. The summed E-state index contributed by atoms with van der Waals surface area (Å²) in [5, 5.41) is 0. The summed E-state index contributed by atoms with van der Waals surface area (Å²) in [6.07, 6.45) is 1.15. The highest BCUT2D eigenvalue weighted by atomic mass is 16.5. The number of carbonyl (C=O) groups excluding carboxylic acids is 2. The van der Waals surface area contributed by atoms with Crippen LogP contribution in [0, 0.1) is 16.7 Å². The molecule has 0 aromatic rings. The van der Waals surface area contributed by atoms with Crippen LogP contribution in [0.2, 0.25) is 0 Å². The standard InChI is InChI=1S/C13H22O4/c1-12(2,3)9-6-13(7-9,11(15)17-5)10(14)8-16-4/h9H,6-8H2,1-5H3. The lowest BCUT2D eigenvalue weighted by Gasteiger charge is -2.49. The van der Waals surface area contributed by atoms with Crippen LogP contribution in [0.5, 0.6) is 0 Å². The van der Waals surface area contributed by atoms with Crippen LogP contribution in [-0.2, 0) is 19.1 Å². The van der Waals surface area contributed by atoms with E-state index >= 15 is 0 Å². The molecule has 1 aliphatic rings. The zero-order valence-corrected chi connectivity index (χ0v) is 11.3. The van der Waals surface area contributed by atoms with E-state index in [2.05, 4.69) is 20.8 Å². The van der Waals surface area contributed by atoms with Crippen molar-refractivity contribution in [3.63, 3.8) is 0 Å². The maximum atomic E-state index is 12.0. The van der Waals surface area contributed by atoms with Crippen molar-refractivity contribution < 1.29 is 19.1 Å². The minimum absolute atomic E-state index is 0.0219. The van der Waals surface area contributed by atoms with E-state index in [1.54, 1.807) is 0 Å². The zero-order valence-electron chi connectivity index (χ0n) is 11.3. The van der Waals surface area contributed by atoms with E-state index in [0.717, 1.165) is 0 Å². The highest BCUT2D eigenvalue weighted by molar-refractivity contribution is 6.05. The van der Waals surface area contributed by atoms with E-state index in [0.29, 0.717) is 18.8 Å². The van der Waals surface area contributed by atoms with Crippen LogP contribution in [0.3, 0.4) is 0 Å². The van der Waals surface area contributed by atoms with Crippen LogP contribution in [-0.4, -0.2) is 32.6 Å². The van der Waals surface area contributed by atoms with Gasteiger partial charge in [-0.2, -0.15) is 0 Å². The Morgan fingerprint density at radius 1 is 1.24 bits per heavy atom. The van der Waals surface area contributed by atoms with Gasteiger partial charge in [0.05, 0.1) is 7.11 Å².